The number of aromatic nitrogens is 2. The number of phenols is 1. The van der Waals surface area contributed by atoms with Crippen molar-refractivity contribution in [2.45, 2.75) is 19.0 Å². The van der Waals surface area contributed by atoms with Crippen LogP contribution in [0.3, 0.4) is 0 Å². The van der Waals surface area contributed by atoms with Gasteiger partial charge in [-0.25, -0.2) is 0 Å². The van der Waals surface area contributed by atoms with Crippen molar-refractivity contribution in [2.24, 2.45) is 0 Å². The molecule has 0 amide bonds. The molecule has 2 heterocycles. The Labute approximate surface area is 213 Å². The van der Waals surface area contributed by atoms with E-state index >= 15 is 0 Å². The summed E-state index contributed by atoms with van der Waals surface area (Å²) >= 11 is 0. The largest absolute Gasteiger partial charge is 0.508 e. The van der Waals surface area contributed by atoms with Gasteiger partial charge in [-0.1, -0.05) is 23.4 Å². The number of hydrogen-bond donors (Lipinski definition) is 1. The number of benzene rings is 3. The highest BCUT2D eigenvalue weighted by Crippen LogP contribution is 2.38. The second kappa shape index (κ2) is 9.49. The van der Waals surface area contributed by atoms with Gasteiger partial charge in [-0.2, -0.15) is 31.3 Å². The van der Waals surface area contributed by atoms with Crippen molar-refractivity contribution in [2.75, 3.05) is 0 Å². The zero-order valence-corrected chi connectivity index (χ0v) is 19.3. The van der Waals surface area contributed by atoms with Crippen LogP contribution in [0.25, 0.3) is 33.6 Å². The lowest BCUT2D eigenvalue weighted by molar-refractivity contribution is -0.152. The van der Waals surface area contributed by atoms with Gasteiger partial charge >= 0.3 is 12.4 Å². The first-order valence-corrected chi connectivity index (χ1v) is 11.0. The van der Waals surface area contributed by atoms with Crippen molar-refractivity contribution >= 4 is 11.0 Å². The van der Waals surface area contributed by atoms with E-state index in [4.69, 9.17) is 13.7 Å². The van der Waals surface area contributed by atoms with Crippen molar-refractivity contribution in [1.82, 2.24) is 10.1 Å². The molecule has 0 aliphatic rings. The second-order valence-electron chi connectivity index (χ2n) is 8.22. The molecule has 2 aromatic heterocycles. The van der Waals surface area contributed by atoms with Crippen LogP contribution in [0, 0.1) is 0 Å². The number of aromatic hydroxyl groups is 1. The van der Waals surface area contributed by atoms with Crippen molar-refractivity contribution in [3.63, 3.8) is 0 Å². The van der Waals surface area contributed by atoms with E-state index in [1.165, 1.54) is 36.4 Å². The predicted octanol–water partition coefficient (Wildman–Crippen LogP) is 6.83. The van der Waals surface area contributed by atoms with Crippen molar-refractivity contribution < 1.29 is 45.1 Å². The topological polar surface area (TPSA) is 98.6 Å². The minimum absolute atomic E-state index is 0.00146. The Kier molecular flexibility index (Phi) is 6.29. The van der Waals surface area contributed by atoms with E-state index in [9.17, 15) is 36.2 Å². The fraction of sp³-hybridized carbons (Fsp3) is 0.115. The molecule has 0 saturated carbocycles. The number of nitrogens with zero attached hydrogens (tertiary/aromatic N) is 2. The Bertz CT molecular complexity index is 1720. The van der Waals surface area contributed by atoms with Gasteiger partial charge in [0.2, 0.25) is 17.0 Å². The maximum absolute atomic E-state index is 13.8. The Morgan fingerprint density at radius 1 is 0.872 bits per heavy atom. The third-order valence-electron chi connectivity index (χ3n) is 5.55. The zero-order valence-electron chi connectivity index (χ0n) is 19.3. The lowest BCUT2D eigenvalue weighted by atomic mass is 10.0. The molecule has 1 N–H and O–H groups in total. The van der Waals surface area contributed by atoms with Crippen LogP contribution in [-0.2, 0) is 19.0 Å². The van der Waals surface area contributed by atoms with Gasteiger partial charge in [-0.3, -0.25) is 4.79 Å². The number of phenolic OH excluding ortho intramolecular Hbond substituents is 1. The van der Waals surface area contributed by atoms with Gasteiger partial charge in [0.1, 0.15) is 17.1 Å². The van der Waals surface area contributed by atoms with Crippen molar-refractivity contribution in [3.8, 4) is 34.1 Å². The molecule has 0 radical (unpaired) electrons. The van der Waals surface area contributed by atoms with Crippen LogP contribution in [0.2, 0.25) is 0 Å². The molecule has 5 rings (SSSR count). The van der Waals surface area contributed by atoms with Crippen LogP contribution in [0.1, 0.15) is 17.1 Å². The van der Waals surface area contributed by atoms with Gasteiger partial charge < -0.3 is 18.8 Å². The van der Waals surface area contributed by atoms with E-state index in [0.29, 0.717) is 0 Å². The molecule has 0 aliphatic carbocycles. The monoisotopic (exact) mass is 548 g/mol. The number of fused-ring (bicyclic) bond motifs is 1. The molecule has 0 saturated heterocycles. The van der Waals surface area contributed by atoms with E-state index in [1.54, 1.807) is 0 Å². The molecule has 13 heteroatoms. The summed E-state index contributed by atoms with van der Waals surface area (Å²) in [6.45, 7) is -0.351. The van der Waals surface area contributed by atoms with Gasteiger partial charge in [0, 0.05) is 11.6 Å². The molecule has 0 atom stereocenters. The van der Waals surface area contributed by atoms with Gasteiger partial charge in [-0.05, 0) is 48.0 Å². The predicted molar refractivity (Wildman–Crippen MR) is 124 cm³/mol. The average molecular weight is 548 g/mol. The van der Waals surface area contributed by atoms with E-state index in [-0.39, 0.29) is 46.3 Å². The Balaban J connectivity index is 1.43. The summed E-state index contributed by atoms with van der Waals surface area (Å²) in [5.41, 5.74) is -3.02. The van der Waals surface area contributed by atoms with E-state index in [1.807, 2.05) is 0 Å². The van der Waals surface area contributed by atoms with Gasteiger partial charge in [0.05, 0.1) is 16.5 Å². The van der Waals surface area contributed by atoms with Crippen LogP contribution in [0.4, 0.5) is 26.3 Å². The summed E-state index contributed by atoms with van der Waals surface area (Å²) in [5.74, 6) is -1.96. The molecule has 3 aromatic carbocycles. The first-order chi connectivity index (χ1) is 18.4. The summed E-state index contributed by atoms with van der Waals surface area (Å²) < 4.78 is 95.9. The molecule has 0 bridgehead atoms. The lowest BCUT2D eigenvalue weighted by Gasteiger charge is -2.13. The molecule has 0 spiro atoms. The summed E-state index contributed by atoms with van der Waals surface area (Å²) in [5, 5.41) is 12.9. The highest BCUT2D eigenvalue weighted by molar-refractivity contribution is 5.84. The number of rotatable bonds is 5. The van der Waals surface area contributed by atoms with E-state index < -0.39 is 40.3 Å². The van der Waals surface area contributed by atoms with Gasteiger partial charge in [0.25, 0.3) is 5.89 Å². The fourth-order valence-corrected chi connectivity index (χ4v) is 3.76. The number of alkyl halides is 6. The van der Waals surface area contributed by atoms with E-state index in [2.05, 4.69) is 10.1 Å². The minimum Gasteiger partial charge on any atom is -0.508 e. The summed E-state index contributed by atoms with van der Waals surface area (Å²) in [7, 11) is 0. The van der Waals surface area contributed by atoms with Crippen LogP contribution in [-0.4, -0.2) is 15.2 Å². The minimum atomic E-state index is -5.01. The van der Waals surface area contributed by atoms with Crippen LogP contribution in [0.15, 0.2) is 80.5 Å². The number of halogens is 6. The average Bonchev–Trinajstić information content (AvgIpc) is 3.36. The summed E-state index contributed by atoms with van der Waals surface area (Å²) in [6, 6.07) is 12.5. The third-order valence-corrected chi connectivity index (χ3v) is 5.55. The Morgan fingerprint density at radius 3 is 2.31 bits per heavy atom. The van der Waals surface area contributed by atoms with Crippen LogP contribution < -0.4 is 10.2 Å². The van der Waals surface area contributed by atoms with Crippen molar-refractivity contribution in [3.05, 3.63) is 94.1 Å². The Hall–Kier alpha value is -4.81. The van der Waals surface area contributed by atoms with E-state index in [0.717, 1.165) is 30.3 Å². The standard InChI is InChI=1S/C26H14F6N2O5/c27-25(28,29)15-3-1-2-14(10-15)24-33-20(34-39-24)12-37-17-8-9-18-19(11-17)38-23(26(30,31)32)21(22(18)36)13-4-6-16(35)7-5-13/h1-11,35H,12H2. The molecule has 5 aromatic rings. The molecule has 7 nitrogen and oxygen atoms in total. The number of hydrogen-bond acceptors (Lipinski definition) is 7. The zero-order chi connectivity index (χ0) is 27.9. The van der Waals surface area contributed by atoms with Crippen molar-refractivity contribution in [1.29, 1.82) is 0 Å². The number of ether oxygens (including phenoxy) is 1. The first kappa shape index (κ1) is 25.8. The Morgan fingerprint density at radius 2 is 1.62 bits per heavy atom. The quantitative estimate of drug-likeness (QED) is 0.240. The third kappa shape index (κ3) is 5.28. The molecule has 39 heavy (non-hydrogen) atoms. The highest BCUT2D eigenvalue weighted by Gasteiger charge is 2.39. The summed E-state index contributed by atoms with van der Waals surface area (Å²) in [6.07, 6.45) is -9.58. The molecular weight excluding hydrogens is 534 g/mol. The first-order valence-electron chi connectivity index (χ1n) is 11.0. The van der Waals surface area contributed by atoms with Crippen LogP contribution in [0.5, 0.6) is 11.5 Å². The smallest absolute Gasteiger partial charge is 0.450 e. The second-order valence-corrected chi connectivity index (χ2v) is 8.22. The normalized spacial score (nSPS) is 12.2. The summed E-state index contributed by atoms with van der Waals surface area (Å²) in [4.78, 5) is 17.0. The fourth-order valence-electron chi connectivity index (χ4n) is 3.76. The maximum atomic E-state index is 13.8. The molecular formula is C26H14F6N2O5. The van der Waals surface area contributed by atoms with Crippen LogP contribution >= 0.6 is 0 Å². The molecule has 200 valence electrons. The highest BCUT2D eigenvalue weighted by atomic mass is 19.4. The molecule has 0 fully saturated rings. The van der Waals surface area contributed by atoms with Gasteiger partial charge in [0.15, 0.2) is 6.61 Å². The SMILES string of the molecule is O=c1c(-c2ccc(O)cc2)c(C(F)(F)F)oc2cc(OCc3noc(-c4cccc(C(F)(F)F)c4)n3)ccc12. The lowest BCUT2D eigenvalue weighted by Crippen LogP contribution is -2.16. The molecule has 0 aliphatic heterocycles. The van der Waals surface area contributed by atoms with Gasteiger partial charge in [-0.15, -0.1) is 0 Å². The molecule has 0 unspecified atom stereocenters. The maximum Gasteiger partial charge on any atom is 0.450 e.